The number of nitrogens with zero attached hydrogens (tertiary/aromatic N) is 2. The highest BCUT2D eigenvalue weighted by atomic mass is 15.0. The Morgan fingerprint density at radius 2 is 1.09 bits per heavy atom. The summed E-state index contributed by atoms with van der Waals surface area (Å²) in [5, 5.41) is 10.2. The van der Waals surface area contributed by atoms with Gasteiger partial charge in [0.2, 0.25) is 0 Å². The maximum absolute atomic E-state index is 5.44. The van der Waals surface area contributed by atoms with E-state index in [0.29, 0.717) is 0 Å². The Hall–Kier alpha value is -5.73. The first-order chi connectivity index (χ1) is 22.7. The van der Waals surface area contributed by atoms with E-state index in [4.69, 9.17) is 4.98 Å². The van der Waals surface area contributed by atoms with Gasteiger partial charge in [0.15, 0.2) is 0 Å². The van der Waals surface area contributed by atoms with Crippen LogP contribution in [0.25, 0.3) is 82.3 Å². The number of hydrogen-bond donors (Lipinski definition) is 0. The van der Waals surface area contributed by atoms with E-state index in [0.717, 1.165) is 23.4 Å². The number of aryl methyl sites for hydroxylation is 2. The number of benzene rings is 7. The summed E-state index contributed by atoms with van der Waals surface area (Å²) in [5.74, 6) is 0. The van der Waals surface area contributed by atoms with Crippen molar-refractivity contribution in [2.24, 2.45) is 0 Å². The van der Waals surface area contributed by atoms with Crippen LogP contribution in [0.1, 0.15) is 18.1 Å². The minimum Gasteiger partial charge on any atom is -0.309 e. The first kappa shape index (κ1) is 26.7. The molecule has 218 valence electrons. The van der Waals surface area contributed by atoms with Crippen molar-refractivity contribution in [3.05, 3.63) is 157 Å². The van der Waals surface area contributed by atoms with Crippen molar-refractivity contribution in [2.75, 3.05) is 0 Å². The van der Waals surface area contributed by atoms with Crippen LogP contribution in [-0.2, 0) is 6.42 Å². The van der Waals surface area contributed by atoms with E-state index in [2.05, 4.69) is 164 Å². The minimum atomic E-state index is 0.919. The van der Waals surface area contributed by atoms with Crippen molar-refractivity contribution < 1.29 is 0 Å². The molecule has 0 aliphatic heterocycles. The zero-order valence-corrected chi connectivity index (χ0v) is 26.0. The second kappa shape index (κ2) is 10.4. The van der Waals surface area contributed by atoms with Gasteiger partial charge in [0.25, 0.3) is 0 Å². The molecule has 9 aromatic rings. The number of hydrogen-bond acceptors (Lipinski definition) is 1. The maximum atomic E-state index is 5.44. The van der Waals surface area contributed by atoms with Gasteiger partial charge in [-0.3, -0.25) is 0 Å². The highest BCUT2D eigenvalue weighted by molar-refractivity contribution is 6.26. The quantitative estimate of drug-likeness (QED) is 0.187. The van der Waals surface area contributed by atoms with Crippen molar-refractivity contribution in [3.63, 3.8) is 0 Å². The molecule has 2 nitrogen and oxygen atoms in total. The molecular weight excluding hydrogens is 556 g/mol. The zero-order chi connectivity index (χ0) is 30.8. The molecule has 0 N–H and O–H groups in total. The third-order valence-corrected chi connectivity index (χ3v) is 9.69. The predicted molar refractivity (Wildman–Crippen MR) is 196 cm³/mol. The van der Waals surface area contributed by atoms with E-state index in [1.54, 1.807) is 0 Å². The molecule has 0 atom stereocenters. The van der Waals surface area contributed by atoms with Gasteiger partial charge in [-0.15, -0.1) is 0 Å². The lowest BCUT2D eigenvalue weighted by Crippen LogP contribution is -1.97. The molecule has 9 rings (SSSR count). The van der Waals surface area contributed by atoms with Crippen molar-refractivity contribution in [1.82, 2.24) is 9.55 Å². The summed E-state index contributed by atoms with van der Waals surface area (Å²) in [6.07, 6.45) is 0.919. The van der Waals surface area contributed by atoms with Gasteiger partial charge in [-0.25, -0.2) is 4.98 Å². The Bertz CT molecular complexity index is 2630. The molecule has 2 heterocycles. The Morgan fingerprint density at radius 3 is 1.78 bits per heavy atom. The van der Waals surface area contributed by atoms with E-state index >= 15 is 0 Å². The molecule has 0 fully saturated rings. The molecule has 0 aliphatic rings. The van der Waals surface area contributed by atoms with Gasteiger partial charge < -0.3 is 4.57 Å². The minimum absolute atomic E-state index is 0.919. The number of aromatic nitrogens is 2. The summed E-state index contributed by atoms with van der Waals surface area (Å²) in [6.45, 7) is 4.46. The first-order valence-electron chi connectivity index (χ1n) is 16.1. The van der Waals surface area contributed by atoms with Crippen LogP contribution >= 0.6 is 0 Å². The normalized spacial score (nSPS) is 11.8. The van der Waals surface area contributed by atoms with Crippen LogP contribution in [0.5, 0.6) is 0 Å². The van der Waals surface area contributed by atoms with E-state index in [9.17, 15) is 0 Å². The molecule has 46 heavy (non-hydrogen) atoms. The van der Waals surface area contributed by atoms with Gasteiger partial charge in [-0.05, 0) is 99.3 Å². The molecule has 0 spiro atoms. The van der Waals surface area contributed by atoms with Crippen molar-refractivity contribution in [2.45, 2.75) is 20.3 Å². The van der Waals surface area contributed by atoms with Crippen LogP contribution in [0.4, 0.5) is 0 Å². The van der Waals surface area contributed by atoms with Crippen LogP contribution < -0.4 is 0 Å². The van der Waals surface area contributed by atoms with Gasteiger partial charge in [0.05, 0.1) is 22.4 Å². The summed E-state index contributed by atoms with van der Waals surface area (Å²) < 4.78 is 2.36. The summed E-state index contributed by atoms with van der Waals surface area (Å²) in [5.41, 5.74) is 10.5. The van der Waals surface area contributed by atoms with E-state index < -0.39 is 0 Å². The number of rotatable bonds is 4. The number of pyridine rings is 1. The smallest absolute Gasteiger partial charge is 0.0744 e. The first-order valence-corrected chi connectivity index (χ1v) is 16.1. The third kappa shape index (κ3) is 4.00. The number of fused-ring (bicyclic) bond motifs is 9. The van der Waals surface area contributed by atoms with Crippen LogP contribution in [0.2, 0.25) is 0 Å². The van der Waals surface area contributed by atoms with Crippen molar-refractivity contribution in [1.29, 1.82) is 0 Å². The SMILES string of the molecule is CCc1ccc(-c2ccc3c(c2)c2ccccc2n3-c2ccccc2)nc1-c1cc2c3ccccc3c3ccccc3c2cc1C. The van der Waals surface area contributed by atoms with E-state index in [1.165, 1.54) is 76.5 Å². The predicted octanol–water partition coefficient (Wildman–Crippen LogP) is 11.8. The van der Waals surface area contributed by atoms with Crippen molar-refractivity contribution in [3.8, 4) is 28.2 Å². The Kier molecular flexibility index (Phi) is 6.04. The highest BCUT2D eigenvalue weighted by Gasteiger charge is 2.17. The van der Waals surface area contributed by atoms with Crippen LogP contribution in [0, 0.1) is 6.92 Å². The van der Waals surface area contributed by atoms with Crippen LogP contribution in [-0.4, -0.2) is 9.55 Å². The average Bonchev–Trinajstić information content (AvgIpc) is 3.45. The maximum Gasteiger partial charge on any atom is 0.0744 e. The summed E-state index contributed by atoms with van der Waals surface area (Å²) in [7, 11) is 0. The van der Waals surface area contributed by atoms with Gasteiger partial charge >= 0.3 is 0 Å². The molecule has 0 radical (unpaired) electrons. The fraction of sp³-hybridized carbons (Fsp3) is 0.0682. The summed E-state index contributed by atoms with van der Waals surface area (Å²) in [6, 6.07) is 52.9. The van der Waals surface area contributed by atoms with Gasteiger partial charge in [0.1, 0.15) is 0 Å². The molecular formula is C44H32N2. The van der Waals surface area contributed by atoms with Gasteiger partial charge in [0, 0.05) is 27.6 Å². The Morgan fingerprint density at radius 1 is 0.500 bits per heavy atom. The highest BCUT2D eigenvalue weighted by Crippen LogP contribution is 2.40. The lowest BCUT2D eigenvalue weighted by Gasteiger charge is -2.16. The second-order valence-electron chi connectivity index (χ2n) is 12.3. The van der Waals surface area contributed by atoms with Crippen LogP contribution in [0.15, 0.2) is 146 Å². The molecule has 2 aromatic heterocycles. The monoisotopic (exact) mass is 588 g/mol. The Balaban J connectivity index is 1.26. The number of para-hydroxylation sites is 2. The van der Waals surface area contributed by atoms with Gasteiger partial charge in [-0.1, -0.05) is 110 Å². The Labute approximate surface area is 268 Å². The molecule has 0 unspecified atom stereocenters. The fourth-order valence-electron chi connectivity index (χ4n) is 7.47. The third-order valence-electron chi connectivity index (χ3n) is 9.69. The van der Waals surface area contributed by atoms with Crippen molar-refractivity contribution >= 4 is 54.1 Å². The van der Waals surface area contributed by atoms with E-state index in [-0.39, 0.29) is 0 Å². The molecule has 7 aromatic carbocycles. The topological polar surface area (TPSA) is 17.8 Å². The zero-order valence-electron chi connectivity index (χ0n) is 26.0. The standard InChI is InChI=1S/C44H32N2/c1-3-29-21-23-41(30-22-24-43-40(26-30)36-19-11-12-20-42(36)46(43)31-13-5-4-6-14-31)45-44(29)37-27-39-35-18-10-8-16-33(35)32-15-7-9-17-34(32)38(39)25-28(37)2/h4-27H,3H2,1-2H3. The summed E-state index contributed by atoms with van der Waals surface area (Å²) >= 11 is 0. The molecule has 0 saturated carbocycles. The average molecular weight is 589 g/mol. The largest absolute Gasteiger partial charge is 0.309 e. The molecule has 0 saturated heterocycles. The molecule has 0 amide bonds. The van der Waals surface area contributed by atoms with Crippen LogP contribution in [0.3, 0.4) is 0 Å². The lowest BCUT2D eigenvalue weighted by atomic mass is 9.89. The summed E-state index contributed by atoms with van der Waals surface area (Å²) in [4.78, 5) is 5.44. The molecule has 0 aliphatic carbocycles. The van der Waals surface area contributed by atoms with Gasteiger partial charge in [-0.2, -0.15) is 0 Å². The molecule has 0 bridgehead atoms. The fourth-order valence-corrected chi connectivity index (χ4v) is 7.47. The van der Waals surface area contributed by atoms with E-state index in [1.807, 2.05) is 0 Å². The second-order valence-corrected chi connectivity index (χ2v) is 12.3. The lowest BCUT2D eigenvalue weighted by molar-refractivity contribution is 1.11. The molecule has 2 heteroatoms.